The molecule has 1 unspecified atom stereocenters. The van der Waals surface area contributed by atoms with E-state index in [1.807, 2.05) is 29.8 Å². The Morgan fingerprint density at radius 2 is 2.14 bits per heavy atom. The highest BCUT2D eigenvalue weighted by atomic mass is 16.1. The minimum absolute atomic E-state index is 0.0234. The van der Waals surface area contributed by atoms with Crippen LogP contribution < -0.4 is 5.32 Å². The Balaban J connectivity index is 1.63. The first-order chi connectivity index (χ1) is 10.7. The number of imidazole rings is 1. The van der Waals surface area contributed by atoms with Crippen molar-refractivity contribution in [1.29, 1.82) is 0 Å². The topological polar surface area (TPSA) is 46.9 Å². The third kappa shape index (κ3) is 3.27. The van der Waals surface area contributed by atoms with Gasteiger partial charge in [0.2, 0.25) is 5.91 Å². The van der Waals surface area contributed by atoms with E-state index in [0.29, 0.717) is 0 Å². The van der Waals surface area contributed by atoms with Crippen molar-refractivity contribution in [3.63, 3.8) is 0 Å². The number of nitrogens with zero attached hydrogens (tertiary/aromatic N) is 2. The highest BCUT2D eigenvalue weighted by Crippen LogP contribution is 2.21. The van der Waals surface area contributed by atoms with Crippen LogP contribution in [0.15, 0.2) is 55.1 Å². The largest absolute Gasteiger partial charge is 0.349 e. The van der Waals surface area contributed by atoms with Gasteiger partial charge in [-0.3, -0.25) is 4.79 Å². The highest BCUT2D eigenvalue weighted by molar-refractivity contribution is 5.79. The summed E-state index contributed by atoms with van der Waals surface area (Å²) in [4.78, 5) is 16.3. The van der Waals surface area contributed by atoms with E-state index in [1.54, 1.807) is 12.5 Å². The molecule has 2 atom stereocenters. The van der Waals surface area contributed by atoms with E-state index in [9.17, 15) is 4.79 Å². The van der Waals surface area contributed by atoms with Crippen molar-refractivity contribution in [2.75, 3.05) is 0 Å². The number of hydrogen-bond donors (Lipinski definition) is 1. The van der Waals surface area contributed by atoms with Gasteiger partial charge in [-0.15, -0.1) is 0 Å². The third-order valence-electron chi connectivity index (χ3n) is 4.19. The average Bonchev–Trinajstić information content (AvgIpc) is 3.10. The molecule has 0 radical (unpaired) electrons. The molecule has 0 aliphatic heterocycles. The Kier molecular flexibility index (Phi) is 4.37. The van der Waals surface area contributed by atoms with Gasteiger partial charge in [0.15, 0.2) is 0 Å². The molecule has 1 N–H and O–H groups in total. The monoisotopic (exact) mass is 295 g/mol. The van der Waals surface area contributed by atoms with Crippen molar-refractivity contribution >= 4 is 5.91 Å². The van der Waals surface area contributed by atoms with E-state index in [1.165, 1.54) is 0 Å². The second-order valence-electron chi connectivity index (χ2n) is 5.77. The van der Waals surface area contributed by atoms with Crippen LogP contribution in [0.25, 0.3) is 5.69 Å². The molecular weight excluding hydrogens is 274 g/mol. The zero-order valence-electron chi connectivity index (χ0n) is 12.8. The molecule has 4 nitrogen and oxygen atoms in total. The second kappa shape index (κ2) is 6.60. The lowest BCUT2D eigenvalue weighted by atomic mass is 9.93. The van der Waals surface area contributed by atoms with Crippen LogP contribution in [-0.4, -0.2) is 15.5 Å². The maximum Gasteiger partial charge on any atom is 0.223 e. The first-order valence-corrected chi connectivity index (χ1v) is 7.77. The fourth-order valence-electron chi connectivity index (χ4n) is 2.79. The lowest BCUT2D eigenvalue weighted by Crippen LogP contribution is -2.33. The van der Waals surface area contributed by atoms with Crippen LogP contribution in [0.2, 0.25) is 0 Å². The minimum atomic E-state index is 0.0234. The van der Waals surface area contributed by atoms with Gasteiger partial charge in [0, 0.05) is 24.0 Å². The van der Waals surface area contributed by atoms with Gasteiger partial charge in [-0.1, -0.05) is 24.3 Å². The van der Waals surface area contributed by atoms with E-state index in [4.69, 9.17) is 0 Å². The van der Waals surface area contributed by atoms with Crippen LogP contribution in [0.4, 0.5) is 0 Å². The molecule has 1 aliphatic rings. The van der Waals surface area contributed by atoms with E-state index in [0.717, 1.165) is 30.5 Å². The van der Waals surface area contributed by atoms with Crippen LogP contribution in [-0.2, 0) is 4.79 Å². The van der Waals surface area contributed by atoms with Crippen molar-refractivity contribution in [3.05, 3.63) is 60.7 Å². The molecule has 114 valence electrons. The summed E-state index contributed by atoms with van der Waals surface area (Å²) in [5.74, 6) is 0.285. The van der Waals surface area contributed by atoms with Gasteiger partial charge in [-0.25, -0.2) is 4.98 Å². The first-order valence-electron chi connectivity index (χ1n) is 7.77. The summed E-state index contributed by atoms with van der Waals surface area (Å²) in [6.45, 7) is 2.03. The van der Waals surface area contributed by atoms with E-state index in [2.05, 4.69) is 34.6 Å². The molecular formula is C18H21N3O. The number of benzene rings is 1. The van der Waals surface area contributed by atoms with Gasteiger partial charge < -0.3 is 9.88 Å². The summed E-state index contributed by atoms with van der Waals surface area (Å²) in [5.41, 5.74) is 2.18. The molecule has 2 aromatic rings. The van der Waals surface area contributed by atoms with Crippen LogP contribution in [0.5, 0.6) is 0 Å². The van der Waals surface area contributed by atoms with Gasteiger partial charge in [-0.2, -0.15) is 0 Å². The molecule has 4 heteroatoms. The summed E-state index contributed by atoms with van der Waals surface area (Å²) >= 11 is 0. The number of carbonyl (C=O) groups excluding carboxylic acids is 1. The van der Waals surface area contributed by atoms with Crippen LogP contribution in [0.3, 0.4) is 0 Å². The Labute approximate surface area is 130 Å². The third-order valence-corrected chi connectivity index (χ3v) is 4.19. The number of nitrogens with one attached hydrogen (secondary N) is 1. The maximum atomic E-state index is 12.3. The lowest BCUT2D eigenvalue weighted by Gasteiger charge is -2.21. The number of aromatic nitrogens is 2. The van der Waals surface area contributed by atoms with Gasteiger partial charge in [0.05, 0.1) is 12.4 Å². The van der Waals surface area contributed by atoms with Gasteiger partial charge >= 0.3 is 0 Å². The summed E-state index contributed by atoms with van der Waals surface area (Å²) in [5, 5.41) is 3.13. The molecule has 1 heterocycles. The van der Waals surface area contributed by atoms with Crippen molar-refractivity contribution in [2.45, 2.75) is 32.2 Å². The molecule has 3 rings (SSSR count). The average molecular weight is 295 g/mol. The van der Waals surface area contributed by atoms with Crippen molar-refractivity contribution in [2.24, 2.45) is 5.92 Å². The fraction of sp³-hybridized carbons (Fsp3) is 0.333. The van der Waals surface area contributed by atoms with Gasteiger partial charge in [0.1, 0.15) is 0 Å². The standard InChI is InChI=1S/C18H21N3O/c1-14(20-18(22)16-5-3-2-4-6-16)15-7-9-17(10-8-15)21-12-11-19-13-21/h2-3,7-14,16H,4-6H2,1H3,(H,20,22)/t14-,16?/m0/s1. The number of amides is 1. The van der Waals surface area contributed by atoms with E-state index >= 15 is 0 Å². The normalized spacial score (nSPS) is 18.9. The fourth-order valence-corrected chi connectivity index (χ4v) is 2.79. The quantitative estimate of drug-likeness (QED) is 0.879. The molecule has 1 aromatic carbocycles. The van der Waals surface area contributed by atoms with Crippen LogP contribution in [0, 0.1) is 5.92 Å². The summed E-state index contributed by atoms with van der Waals surface area (Å²) < 4.78 is 1.96. The summed E-state index contributed by atoms with van der Waals surface area (Å²) in [6.07, 6.45) is 12.5. The number of rotatable bonds is 4. The molecule has 0 saturated heterocycles. The smallest absolute Gasteiger partial charge is 0.223 e. The van der Waals surface area contributed by atoms with Gasteiger partial charge in [-0.05, 0) is 43.9 Å². The molecule has 1 aromatic heterocycles. The zero-order valence-corrected chi connectivity index (χ0v) is 12.8. The van der Waals surface area contributed by atoms with Gasteiger partial charge in [0.25, 0.3) is 0 Å². The molecule has 22 heavy (non-hydrogen) atoms. The number of allylic oxidation sites excluding steroid dienone is 2. The molecule has 1 aliphatic carbocycles. The van der Waals surface area contributed by atoms with Crippen molar-refractivity contribution < 1.29 is 4.79 Å². The number of carbonyl (C=O) groups is 1. The van der Waals surface area contributed by atoms with Crippen LogP contribution in [0.1, 0.15) is 37.8 Å². The summed E-state index contributed by atoms with van der Waals surface area (Å²) in [7, 11) is 0. The molecule has 0 fully saturated rings. The zero-order chi connectivity index (χ0) is 15.4. The SMILES string of the molecule is C[C@H](NC(=O)C1CC=CCC1)c1ccc(-n2ccnc2)cc1. The van der Waals surface area contributed by atoms with E-state index in [-0.39, 0.29) is 17.9 Å². The first kappa shape index (κ1) is 14.6. The number of hydrogen-bond acceptors (Lipinski definition) is 2. The minimum Gasteiger partial charge on any atom is -0.349 e. The molecule has 0 saturated carbocycles. The molecule has 1 amide bonds. The highest BCUT2D eigenvalue weighted by Gasteiger charge is 2.20. The van der Waals surface area contributed by atoms with Crippen molar-refractivity contribution in [1.82, 2.24) is 14.9 Å². The summed E-state index contributed by atoms with van der Waals surface area (Å²) in [6, 6.07) is 8.23. The predicted molar refractivity (Wildman–Crippen MR) is 86.6 cm³/mol. The lowest BCUT2D eigenvalue weighted by molar-refractivity contribution is -0.125. The Morgan fingerprint density at radius 3 is 2.77 bits per heavy atom. The molecule has 0 spiro atoms. The maximum absolute atomic E-state index is 12.3. The molecule has 0 bridgehead atoms. The Bertz CT molecular complexity index is 643. The predicted octanol–water partition coefficient (Wildman–Crippen LogP) is 3.41. The van der Waals surface area contributed by atoms with Crippen molar-refractivity contribution in [3.8, 4) is 5.69 Å². The second-order valence-corrected chi connectivity index (χ2v) is 5.77. The van der Waals surface area contributed by atoms with Crippen LogP contribution >= 0.6 is 0 Å². The Morgan fingerprint density at radius 1 is 1.32 bits per heavy atom. The van der Waals surface area contributed by atoms with E-state index < -0.39 is 0 Å². The Hall–Kier alpha value is -2.36.